The molecule has 0 aliphatic rings. The van der Waals surface area contributed by atoms with Gasteiger partial charge in [0.2, 0.25) is 9.47 Å². The smallest absolute Gasteiger partial charge is 0.286 e. The van der Waals surface area contributed by atoms with Crippen molar-refractivity contribution in [3.63, 3.8) is 0 Å². The summed E-state index contributed by atoms with van der Waals surface area (Å²) in [5.41, 5.74) is 0.544. The van der Waals surface area contributed by atoms with E-state index in [0.29, 0.717) is 16.5 Å². The van der Waals surface area contributed by atoms with Crippen molar-refractivity contribution in [3.8, 4) is 5.75 Å². The van der Waals surface area contributed by atoms with E-state index in [1.54, 1.807) is 18.2 Å². The molecule has 1 amide bonds. The van der Waals surface area contributed by atoms with E-state index in [0.717, 1.165) is 11.3 Å². The van der Waals surface area contributed by atoms with E-state index in [1.807, 2.05) is 13.8 Å². The van der Waals surface area contributed by atoms with E-state index < -0.39 is 0 Å². The molecule has 8 heteroatoms. The number of nitrogens with zero attached hydrogens (tertiary/aromatic N) is 2. The van der Waals surface area contributed by atoms with Crippen LogP contribution in [-0.2, 0) is 0 Å². The largest absolute Gasteiger partial charge is 0.489 e. The van der Waals surface area contributed by atoms with Gasteiger partial charge in [0.25, 0.3) is 5.91 Å². The van der Waals surface area contributed by atoms with Crippen LogP contribution in [0.15, 0.2) is 18.2 Å². The second-order valence-corrected chi connectivity index (χ2v) is 6.09. The first kappa shape index (κ1) is 15.0. The molecule has 0 aliphatic heterocycles. The molecule has 1 heterocycles. The van der Waals surface area contributed by atoms with Gasteiger partial charge in [0.15, 0.2) is 0 Å². The summed E-state index contributed by atoms with van der Waals surface area (Å²) in [5, 5.41) is 10.5. The number of nitrogens with one attached hydrogen (secondary N) is 1. The third-order valence-corrected chi connectivity index (χ3v) is 3.46. The third-order valence-electron chi connectivity index (χ3n) is 2.15. The van der Waals surface area contributed by atoms with Gasteiger partial charge in [-0.3, -0.25) is 4.79 Å². The number of hydrogen-bond donors (Lipinski definition) is 1. The predicted molar refractivity (Wildman–Crippen MR) is 80.1 cm³/mol. The Labute approximate surface area is 129 Å². The zero-order valence-electron chi connectivity index (χ0n) is 10.7. The monoisotopic (exact) mass is 331 g/mol. The highest BCUT2D eigenvalue weighted by Gasteiger charge is 2.13. The van der Waals surface area contributed by atoms with E-state index >= 15 is 0 Å². The van der Waals surface area contributed by atoms with Gasteiger partial charge in [0.1, 0.15) is 5.75 Å². The Morgan fingerprint density at radius 3 is 2.65 bits per heavy atom. The van der Waals surface area contributed by atoms with Crippen LogP contribution in [0.25, 0.3) is 0 Å². The molecule has 0 unspecified atom stereocenters. The number of halogens is 2. The van der Waals surface area contributed by atoms with Gasteiger partial charge in [-0.05, 0) is 43.6 Å². The van der Waals surface area contributed by atoms with E-state index in [1.165, 1.54) is 0 Å². The van der Waals surface area contributed by atoms with Crippen molar-refractivity contribution >= 4 is 46.1 Å². The minimum absolute atomic E-state index is 0.0245. The minimum Gasteiger partial charge on any atom is -0.489 e. The van der Waals surface area contributed by atoms with Crippen LogP contribution in [0.2, 0.25) is 9.49 Å². The van der Waals surface area contributed by atoms with Crippen LogP contribution in [-0.4, -0.2) is 22.2 Å². The van der Waals surface area contributed by atoms with Crippen molar-refractivity contribution in [2.24, 2.45) is 0 Å². The first-order chi connectivity index (χ1) is 9.45. The van der Waals surface area contributed by atoms with Gasteiger partial charge < -0.3 is 10.1 Å². The fourth-order valence-corrected chi connectivity index (χ4v) is 2.36. The Hall–Kier alpha value is -1.37. The first-order valence-electron chi connectivity index (χ1n) is 5.72. The Balaban J connectivity index is 2.10. The average Bonchev–Trinajstić information content (AvgIpc) is 2.79. The Morgan fingerprint density at radius 1 is 1.35 bits per heavy atom. The standard InChI is InChI=1S/C12H11Cl2N3O2S/c1-6(2)19-9-4-3-7(5-8(9)13)15-10(18)11-16-17-12(14)20-11/h3-6H,1-2H3,(H,15,18). The number of anilines is 1. The van der Waals surface area contributed by atoms with Gasteiger partial charge in [0, 0.05) is 5.69 Å². The molecule has 0 saturated carbocycles. The lowest BCUT2D eigenvalue weighted by atomic mass is 10.3. The van der Waals surface area contributed by atoms with Crippen molar-refractivity contribution in [2.45, 2.75) is 20.0 Å². The van der Waals surface area contributed by atoms with E-state index in [2.05, 4.69) is 15.5 Å². The van der Waals surface area contributed by atoms with Crippen LogP contribution in [0.3, 0.4) is 0 Å². The van der Waals surface area contributed by atoms with E-state index in [9.17, 15) is 4.79 Å². The molecule has 0 fully saturated rings. The highest BCUT2D eigenvalue weighted by Crippen LogP contribution is 2.28. The van der Waals surface area contributed by atoms with Gasteiger partial charge in [-0.2, -0.15) is 0 Å². The van der Waals surface area contributed by atoms with Crippen LogP contribution in [0, 0.1) is 0 Å². The summed E-state index contributed by atoms with van der Waals surface area (Å²) in [7, 11) is 0. The Kier molecular flexibility index (Phi) is 4.80. The lowest BCUT2D eigenvalue weighted by molar-refractivity contribution is 0.102. The number of amides is 1. The van der Waals surface area contributed by atoms with Crippen molar-refractivity contribution in [1.29, 1.82) is 0 Å². The molecule has 1 aromatic heterocycles. The molecule has 1 N–H and O–H groups in total. The van der Waals surface area contributed by atoms with E-state index in [-0.39, 0.29) is 21.5 Å². The van der Waals surface area contributed by atoms with Crippen molar-refractivity contribution in [1.82, 2.24) is 10.2 Å². The molecule has 0 bridgehead atoms. The maximum absolute atomic E-state index is 11.9. The van der Waals surface area contributed by atoms with E-state index in [4.69, 9.17) is 27.9 Å². The number of hydrogen-bond acceptors (Lipinski definition) is 5. The van der Waals surface area contributed by atoms with Crippen LogP contribution in [0.1, 0.15) is 23.6 Å². The first-order valence-corrected chi connectivity index (χ1v) is 7.29. The zero-order chi connectivity index (χ0) is 14.7. The highest BCUT2D eigenvalue weighted by molar-refractivity contribution is 7.17. The number of carbonyl (C=O) groups is 1. The quantitative estimate of drug-likeness (QED) is 0.923. The number of rotatable bonds is 4. The summed E-state index contributed by atoms with van der Waals surface area (Å²) >= 11 is 12.7. The molecule has 0 saturated heterocycles. The molecule has 0 radical (unpaired) electrons. The summed E-state index contributed by atoms with van der Waals surface area (Å²) < 4.78 is 5.73. The fourth-order valence-electron chi connectivity index (χ4n) is 1.41. The third kappa shape index (κ3) is 3.82. The number of ether oxygens (including phenoxy) is 1. The summed E-state index contributed by atoms with van der Waals surface area (Å²) in [6.45, 7) is 3.82. The summed E-state index contributed by atoms with van der Waals surface area (Å²) in [4.78, 5) is 11.9. The maximum Gasteiger partial charge on any atom is 0.286 e. The topological polar surface area (TPSA) is 64.1 Å². The van der Waals surface area contributed by atoms with Crippen molar-refractivity contribution in [2.75, 3.05) is 5.32 Å². The Bertz CT molecular complexity index is 631. The fraction of sp³-hybridized carbons (Fsp3) is 0.250. The molecular formula is C12H11Cl2N3O2S. The van der Waals surface area contributed by atoms with Crippen LogP contribution < -0.4 is 10.1 Å². The number of aromatic nitrogens is 2. The molecule has 106 valence electrons. The van der Waals surface area contributed by atoms with Gasteiger partial charge in [0.05, 0.1) is 11.1 Å². The predicted octanol–water partition coefficient (Wildman–Crippen LogP) is 3.88. The normalized spacial score (nSPS) is 10.7. The van der Waals surface area contributed by atoms with Crippen LogP contribution in [0.4, 0.5) is 5.69 Å². The summed E-state index contributed by atoms with van der Waals surface area (Å²) in [5.74, 6) is 0.182. The SMILES string of the molecule is CC(C)Oc1ccc(NC(=O)c2nnc(Cl)s2)cc1Cl. The average molecular weight is 332 g/mol. The molecule has 0 aliphatic carbocycles. The Morgan fingerprint density at radius 2 is 2.10 bits per heavy atom. The molecule has 2 rings (SSSR count). The molecular weight excluding hydrogens is 321 g/mol. The maximum atomic E-state index is 11.9. The van der Waals surface area contributed by atoms with Crippen LogP contribution >= 0.6 is 34.5 Å². The minimum atomic E-state index is -0.386. The molecule has 2 aromatic rings. The molecule has 1 aromatic carbocycles. The van der Waals surface area contributed by atoms with Crippen molar-refractivity contribution < 1.29 is 9.53 Å². The van der Waals surface area contributed by atoms with Crippen LogP contribution in [0.5, 0.6) is 5.75 Å². The lowest BCUT2D eigenvalue weighted by Crippen LogP contribution is -2.12. The van der Waals surface area contributed by atoms with Gasteiger partial charge >= 0.3 is 0 Å². The second kappa shape index (κ2) is 6.39. The number of benzene rings is 1. The molecule has 20 heavy (non-hydrogen) atoms. The zero-order valence-corrected chi connectivity index (χ0v) is 13.0. The molecule has 5 nitrogen and oxygen atoms in total. The second-order valence-electron chi connectivity index (χ2n) is 4.13. The van der Waals surface area contributed by atoms with Gasteiger partial charge in [-0.1, -0.05) is 22.9 Å². The molecule has 0 spiro atoms. The number of carbonyl (C=O) groups excluding carboxylic acids is 1. The van der Waals surface area contributed by atoms with Crippen molar-refractivity contribution in [3.05, 3.63) is 32.7 Å². The summed E-state index contributed by atoms with van der Waals surface area (Å²) in [6.07, 6.45) is 0.0245. The molecule has 0 atom stereocenters. The lowest BCUT2D eigenvalue weighted by Gasteiger charge is -2.12. The van der Waals surface area contributed by atoms with Gasteiger partial charge in [-0.15, -0.1) is 10.2 Å². The summed E-state index contributed by atoms with van der Waals surface area (Å²) in [6, 6.07) is 5.01. The van der Waals surface area contributed by atoms with Gasteiger partial charge in [-0.25, -0.2) is 0 Å². The highest BCUT2D eigenvalue weighted by atomic mass is 35.5.